The number of nitrogens with one attached hydrogen (secondary N) is 1. The quantitative estimate of drug-likeness (QED) is 0.636. The Kier molecular flexibility index (Phi) is 7.23. The third-order valence-corrected chi connectivity index (χ3v) is 4.73. The van der Waals surface area contributed by atoms with Gasteiger partial charge in [0.05, 0.1) is 0 Å². The number of carbonyl (C=O) groups excluding carboxylic acids is 2. The maximum Gasteiger partial charge on any atom is 0.419 e. The fourth-order valence-electron chi connectivity index (χ4n) is 3.09. The second kappa shape index (κ2) is 9.49. The molecule has 2 amide bonds. The zero-order valence-electron chi connectivity index (χ0n) is 19.2. The predicted molar refractivity (Wildman–Crippen MR) is 123 cm³/mol. The third kappa shape index (κ3) is 6.06. The smallest absolute Gasteiger partial charge is 0.409 e. The van der Waals surface area contributed by atoms with Gasteiger partial charge < -0.3 is 4.74 Å². The molecule has 0 saturated heterocycles. The van der Waals surface area contributed by atoms with Crippen molar-refractivity contribution in [1.82, 2.24) is 5.32 Å². The number of nitriles is 2. The molecule has 0 heterocycles. The first kappa shape index (κ1) is 24.4. The average Bonchev–Trinajstić information content (AvgIpc) is 2.71. The van der Waals surface area contributed by atoms with Gasteiger partial charge in [0, 0.05) is 16.7 Å². The second-order valence-corrected chi connectivity index (χ2v) is 9.44. The highest BCUT2D eigenvalue weighted by atomic mass is 16.6. The van der Waals surface area contributed by atoms with E-state index in [4.69, 9.17) is 15.3 Å². The summed E-state index contributed by atoms with van der Waals surface area (Å²) in [5.41, 5.74) is 1.56. The molecular formula is C26H27N3O3. The van der Waals surface area contributed by atoms with E-state index < -0.39 is 22.8 Å². The summed E-state index contributed by atoms with van der Waals surface area (Å²) in [7, 11) is 0. The Morgan fingerprint density at radius 1 is 0.906 bits per heavy atom. The highest BCUT2D eigenvalue weighted by Gasteiger charge is 2.29. The minimum Gasteiger partial charge on any atom is -0.409 e. The van der Waals surface area contributed by atoms with Crippen molar-refractivity contribution in [3.8, 4) is 17.9 Å². The summed E-state index contributed by atoms with van der Waals surface area (Å²) in [4.78, 5) is 25.0. The number of ether oxygens (including phenoxy) is 1. The summed E-state index contributed by atoms with van der Waals surface area (Å²) in [5.74, 6) is -0.201. The monoisotopic (exact) mass is 429 g/mol. The number of nitrogens with zero attached hydrogens (tertiary/aromatic N) is 2. The Morgan fingerprint density at radius 2 is 1.41 bits per heavy atom. The molecule has 2 aromatic carbocycles. The summed E-state index contributed by atoms with van der Waals surface area (Å²) < 4.78 is 5.71. The fourth-order valence-corrected chi connectivity index (χ4v) is 3.09. The van der Waals surface area contributed by atoms with Crippen molar-refractivity contribution in [2.45, 2.75) is 52.4 Å². The van der Waals surface area contributed by atoms with Gasteiger partial charge in [-0.05, 0) is 46.7 Å². The Morgan fingerprint density at radius 3 is 1.84 bits per heavy atom. The SMILES string of the molecule is CC(C)(C)c1cc(C=C(C#N)C#N)cc(C(C)(C)C)c1OC(=O)NC(=O)c1ccccc1. The van der Waals surface area contributed by atoms with Gasteiger partial charge in [0.25, 0.3) is 5.91 Å². The lowest BCUT2D eigenvalue weighted by Gasteiger charge is -2.29. The standard InChI is InChI=1S/C26H27N3O3/c1-25(2,3)20-13-17(12-18(15-27)16-28)14-21(26(4,5)6)22(20)32-24(31)29-23(30)19-10-8-7-9-11-19/h7-14H,1-6H3,(H,29,30,31). The van der Waals surface area contributed by atoms with Crippen LogP contribution < -0.4 is 10.1 Å². The Balaban J connectivity index is 2.56. The molecule has 0 saturated carbocycles. The average molecular weight is 430 g/mol. The van der Waals surface area contributed by atoms with Gasteiger partial charge in [-0.1, -0.05) is 59.7 Å². The van der Waals surface area contributed by atoms with Crippen molar-refractivity contribution in [3.05, 3.63) is 70.3 Å². The molecule has 2 rings (SSSR count). The van der Waals surface area contributed by atoms with Crippen LogP contribution in [0.1, 0.15) is 68.6 Å². The number of benzene rings is 2. The van der Waals surface area contributed by atoms with Gasteiger partial charge in [-0.25, -0.2) is 4.79 Å². The van der Waals surface area contributed by atoms with Gasteiger partial charge in [-0.2, -0.15) is 10.5 Å². The Hall–Kier alpha value is -3.90. The number of hydrogen-bond donors (Lipinski definition) is 1. The van der Waals surface area contributed by atoms with E-state index in [1.54, 1.807) is 42.5 Å². The van der Waals surface area contributed by atoms with Crippen molar-refractivity contribution in [2.75, 3.05) is 0 Å². The largest absolute Gasteiger partial charge is 0.419 e. The maximum atomic E-state index is 12.7. The molecule has 0 bridgehead atoms. The summed E-state index contributed by atoms with van der Waals surface area (Å²) in [5, 5.41) is 20.6. The second-order valence-electron chi connectivity index (χ2n) is 9.44. The molecule has 0 radical (unpaired) electrons. The van der Waals surface area contributed by atoms with Crippen molar-refractivity contribution in [1.29, 1.82) is 10.5 Å². The van der Waals surface area contributed by atoms with Gasteiger partial charge in [0.1, 0.15) is 23.5 Å². The highest BCUT2D eigenvalue weighted by Crippen LogP contribution is 2.41. The van der Waals surface area contributed by atoms with E-state index in [9.17, 15) is 9.59 Å². The van der Waals surface area contributed by atoms with Crippen LogP contribution in [-0.4, -0.2) is 12.0 Å². The molecule has 0 fully saturated rings. The molecule has 0 spiro atoms. The molecule has 0 aliphatic carbocycles. The Bertz CT molecular complexity index is 1090. The van der Waals surface area contributed by atoms with Crippen LogP contribution >= 0.6 is 0 Å². The molecule has 0 atom stereocenters. The van der Waals surface area contributed by atoms with Gasteiger partial charge in [-0.3, -0.25) is 10.1 Å². The minimum absolute atomic E-state index is 0.0235. The van der Waals surface area contributed by atoms with Crippen LogP contribution in [0.25, 0.3) is 6.08 Å². The maximum absolute atomic E-state index is 12.7. The molecular weight excluding hydrogens is 402 g/mol. The number of rotatable bonds is 3. The molecule has 0 aliphatic rings. The van der Waals surface area contributed by atoms with Crippen molar-refractivity contribution >= 4 is 18.1 Å². The first-order valence-electron chi connectivity index (χ1n) is 10.2. The van der Waals surface area contributed by atoms with E-state index in [-0.39, 0.29) is 5.57 Å². The summed E-state index contributed by atoms with van der Waals surface area (Å²) in [6.07, 6.45) is 0.626. The topological polar surface area (TPSA) is 103 Å². The van der Waals surface area contributed by atoms with Crippen LogP contribution in [0.4, 0.5) is 4.79 Å². The van der Waals surface area contributed by atoms with E-state index in [1.165, 1.54) is 6.08 Å². The van der Waals surface area contributed by atoms with Crippen LogP contribution in [0, 0.1) is 22.7 Å². The minimum atomic E-state index is -0.882. The molecule has 0 aliphatic heterocycles. The molecule has 6 heteroatoms. The van der Waals surface area contributed by atoms with Gasteiger partial charge in [-0.15, -0.1) is 0 Å². The van der Waals surface area contributed by atoms with Crippen LogP contribution in [0.15, 0.2) is 48.0 Å². The van der Waals surface area contributed by atoms with Crippen molar-refractivity contribution in [3.63, 3.8) is 0 Å². The number of amides is 2. The lowest BCUT2D eigenvalue weighted by Crippen LogP contribution is -2.34. The summed E-state index contributed by atoms with van der Waals surface area (Å²) in [6, 6.07) is 15.7. The van der Waals surface area contributed by atoms with E-state index in [0.717, 1.165) is 0 Å². The molecule has 2 aromatic rings. The third-order valence-electron chi connectivity index (χ3n) is 4.73. The summed E-state index contributed by atoms with van der Waals surface area (Å²) in [6.45, 7) is 11.8. The fraction of sp³-hybridized carbons (Fsp3) is 0.308. The first-order valence-corrected chi connectivity index (χ1v) is 10.2. The molecule has 164 valence electrons. The molecule has 1 N–H and O–H groups in total. The van der Waals surface area contributed by atoms with Crippen LogP contribution in [0.3, 0.4) is 0 Å². The normalized spacial score (nSPS) is 11.0. The Labute approximate surface area is 189 Å². The van der Waals surface area contributed by atoms with Crippen molar-refractivity contribution in [2.24, 2.45) is 0 Å². The van der Waals surface area contributed by atoms with E-state index >= 15 is 0 Å². The molecule has 6 nitrogen and oxygen atoms in total. The van der Waals surface area contributed by atoms with E-state index in [0.29, 0.717) is 28.0 Å². The van der Waals surface area contributed by atoms with E-state index in [2.05, 4.69) is 5.32 Å². The van der Waals surface area contributed by atoms with Crippen LogP contribution in [0.5, 0.6) is 5.75 Å². The van der Waals surface area contributed by atoms with Gasteiger partial charge in [0.15, 0.2) is 0 Å². The zero-order chi connectivity index (χ0) is 24.1. The lowest BCUT2D eigenvalue weighted by atomic mass is 9.78. The number of carbonyl (C=O) groups is 2. The number of hydrogen-bond acceptors (Lipinski definition) is 5. The van der Waals surface area contributed by atoms with Gasteiger partial charge in [0.2, 0.25) is 0 Å². The van der Waals surface area contributed by atoms with Crippen LogP contribution in [0.2, 0.25) is 0 Å². The summed E-state index contributed by atoms with van der Waals surface area (Å²) >= 11 is 0. The van der Waals surface area contributed by atoms with E-state index in [1.807, 2.05) is 53.7 Å². The molecule has 32 heavy (non-hydrogen) atoms. The zero-order valence-corrected chi connectivity index (χ0v) is 19.2. The number of allylic oxidation sites excluding steroid dienone is 1. The molecule has 0 unspecified atom stereocenters. The lowest BCUT2D eigenvalue weighted by molar-refractivity contribution is 0.0950. The van der Waals surface area contributed by atoms with Gasteiger partial charge >= 0.3 is 6.09 Å². The number of imide groups is 1. The predicted octanol–water partition coefficient (Wildman–Crippen LogP) is 5.64. The first-order chi connectivity index (χ1) is 14.9. The highest BCUT2D eigenvalue weighted by molar-refractivity contribution is 6.03. The molecule has 0 aromatic heterocycles. The van der Waals surface area contributed by atoms with Crippen molar-refractivity contribution < 1.29 is 14.3 Å². The van der Waals surface area contributed by atoms with Crippen LogP contribution in [-0.2, 0) is 10.8 Å².